The molecule has 0 spiro atoms. The third-order valence-corrected chi connectivity index (χ3v) is 1.02. The van der Waals surface area contributed by atoms with E-state index >= 15 is 0 Å². The van der Waals surface area contributed by atoms with Gasteiger partial charge in [-0.25, -0.2) is 0 Å². The maximum Gasteiger partial charge on any atom is 0.110 e. The van der Waals surface area contributed by atoms with E-state index in [0.717, 1.165) is 19.6 Å². The first kappa shape index (κ1) is 4.09. The Bertz CT molecular complexity index is 40.8. The van der Waals surface area contributed by atoms with Crippen LogP contribution < -0.4 is 5.73 Å². The van der Waals surface area contributed by atoms with Gasteiger partial charge in [-0.2, -0.15) is 0 Å². The third kappa shape index (κ3) is 0.698. The first-order valence-corrected chi connectivity index (χ1v) is 2.30. The van der Waals surface area contributed by atoms with E-state index in [0.29, 0.717) is 6.04 Å². The van der Waals surface area contributed by atoms with E-state index in [-0.39, 0.29) is 0 Å². The van der Waals surface area contributed by atoms with Gasteiger partial charge in [0, 0.05) is 6.42 Å². The second-order valence-electron chi connectivity index (χ2n) is 1.73. The summed E-state index contributed by atoms with van der Waals surface area (Å²) < 4.78 is 4.99. The van der Waals surface area contributed by atoms with Crippen LogP contribution in [0.25, 0.3) is 0 Å². The Balaban J connectivity index is 2.18. The van der Waals surface area contributed by atoms with Crippen molar-refractivity contribution in [2.24, 2.45) is 0 Å². The molecule has 0 aliphatic carbocycles. The van der Waals surface area contributed by atoms with Gasteiger partial charge in [-0.1, -0.05) is 0 Å². The Hall–Kier alpha value is -0.0800. The van der Waals surface area contributed by atoms with Crippen molar-refractivity contribution in [3.8, 4) is 0 Å². The van der Waals surface area contributed by atoms with Crippen molar-refractivity contribution in [3.63, 3.8) is 0 Å². The zero-order valence-corrected chi connectivity index (χ0v) is 3.81. The lowest BCUT2D eigenvalue weighted by Crippen LogP contribution is -2.61. The number of quaternary nitrogens is 1. The van der Waals surface area contributed by atoms with E-state index in [1.54, 1.807) is 0 Å². The molecule has 1 unspecified atom stereocenters. The standard InChI is InChI=1S/C4H9NO/c5-4-1-2-6-3-4/h4H,1-3,5H2/p+1. The van der Waals surface area contributed by atoms with Crippen LogP contribution in [0.4, 0.5) is 0 Å². The smallest absolute Gasteiger partial charge is 0.110 e. The predicted octanol–water partition coefficient (Wildman–Crippen LogP) is -0.983. The van der Waals surface area contributed by atoms with Crippen LogP contribution in [0.15, 0.2) is 0 Å². The topological polar surface area (TPSA) is 36.9 Å². The van der Waals surface area contributed by atoms with E-state index in [2.05, 4.69) is 5.73 Å². The molecular formula is C4H10NO+. The first-order chi connectivity index (χ1) is 2.89. The first-order valence-electron chi connectivity index (χ1n) is 2.30. The van der Waals surface area contributed by atoms with Crippen molar-refractivity contribution in [2.75, 3.05) is 13.2 Å². The molecule has 0 bridgehead atoms. The fourth-order valence-corrected chi connectivity index (χ4v) is 0.583. The van der Waals surface area contributed by atoms with Gasteiger partial charge in [-0.3, -0.25) is 0 Å². The summed E-state index contributed by atoms with van der Waals surface area (Å²) in [5.74, 6) is 0. The fraction of sp³-hybridized carbons (Fsp3) is 1.00. The Morgan fingerprint density at radius 2 is 2.50 bits per heavy atom. The molecule has 1 rings (SSSR count). The molecule has 36 valence electrons. The minimum atomic E-state index is 0.574. The Morgan fingerprint density at radius 1 is 1.67 bits per heavy atom. The summed E-state index contributed by atoms with van der Waals surface area (Å²) in [6, 6.07) is 0.574. The molecule has 1 aliphatic rings. The number of rotatable bonds is 0. The van der Waals surface area contributed by atoms with E-state index < -0.39 is 0 Å². The van der Waals surface area contributed by atoms with E-state index in [1.807, 2.05) is 0 Å². The summed E-state index contributed by atoms with van der Waals surface area (Å²) in [6.07, 6.45) is 1.15. The lowest BCUT2D eigenvalue weighted by molar-refractivity contribution is -0.416. The molecule has 0 amide bonds. The largest absolute Gasteiger partial charge is 0.375 e. The predicted molar refractivity (Wildman–Crippen MR) is 22.1 cm³/mol. The SMILES string of the molecule is [NH3+]C1CCOC1. The second-order valence-corrected chi connectivity index (χ2v) is 1.73. The van der Waals surface area contributed by atoms with Crippen LogP contribution in [0.1, 0.15) is 6.42 Å². The van der Waals surface area contributed by atoms with Crippen LogP contribution in [0.2, 0.25) is 0 Å². The van der Waals surface area contributed by atoms with Crippen molar-refractivity contribution >= 4 is 0 Å². The molecule has 6 heavy (non-hydrogen) atoms. The normalized spacial score (nSPS) is 34.5. The Kier molecular flexibility index (Phi) is 1.08. The molecule has 1 heterocycles. The summed E-state index contributed by atoms with van der Waals surface area (Å²) in [5.41, 5.74) is 3.81. The van der Waals surface area contributed by atoms with Crippen molar-refractivity contribution in [2.45, 2.75) is 12.5 Å². The van der Waals surface area contributed by atoms with Gasteiger partial charge >= 0.3 is 0 Å². The van der Waals surface area contributed by atoms with Crippen molar-refractivity contribution in [3.05, 3.63) is 0 Å². The van der Waals surface area contributed by atoms with Gasteiger partial charge in [-0.05, 0) is 0 Å². The maximum atomic E-state index is 4.99. The van der Waals surface area contributed by atoms with Gasteiger partial charge in [0.15, 0.2) is 0 Å². The molecule has 1 aliphatic heterocycles. The van der Waals surface area contributed by atoms with Crippen molar-refractivity contribution in [1.82, 2.24) is 0 Å². The number of ether oxygens (including phenoxy) is 1. The Labute approximate surface area is 37.3 Å². The van der Waals surface area contributed by atoms with Crippen LogP contribution in [0.3, 0.4) is 0 Å². The highest BCUT2D eigenvalue weighted by atomic mass is 16.5. The molecule has 1 fully saturated rings. The minimum Gasteiger partial charge on any atom is -0.375 e. The highest BCUT2D eigenvalue weighted by molar-refractivity contribution is 4.56. The molecule has 1 saturated heterocycles. The summed E-state index contributed by atoms with van der Waals surface area (Å²) in [5, 5.41) is 0. The molecule has 2 heteroatoms. The van der Waals surface area contributed by atoms with Gasteiger partial charge < -0.3 is 10.5 Å². The minimum absolute atomic E-state index is 0.574. The fourth-order valence-electron chi connectivity index (χ4n) is 0.583. The lowest BCUT2D eigenvalue weighted by atomic mass is 10.3. The van der Waals surface area contributed by atoms with E-state index in [9.17, 15) is 0 Å². The molecule has 2 nitrogen and oxygen atoms in total. The zero-order chi connectivity index (χ0) is 4.41. The third-order valence-electron chi connectivity index (χ3n) is 1.02. The van der Waals surface area contributed by atoms with Crippen molar-refractivity contribution < 1.29 is 10.5 Å². The molecule has 0 aromatic rings. The highest BCUT2D eigenvalue weighted by Crippen LogP contribution is 1.96. The molecule has 0 radical (unpaired) electrons. The van der Waals surface area contributed by atoms with Gasteiger partial charge in [0.1, 0.15) is 6.04 Å². The summed E-state index contributed by atoms with van der Waals surface area (Å²) in [4.78, 5) is 0. The van der Waals surface area contributed by atoms with Gasteiger partial charge in [0.25, 0.3) is 0 Å². The monoisotopic (exact) mass is 88.1 g/mol. The molecule has 0 aromatic carbocycles. The number of hydrogen-bond donors (Lipinski definition) is 1. The molecular weight excluding hydrogens is 78.0 g/mol. The summed E-state index contributed by atoms with van der Waals surface area (Å²) in [7, 11) is 0. The average Bonchev–Trinajstić information content (AvgIpc) is 1.86. The summed E-state index contributed by atoms with van der Waals surface area (Å²) >= 11 is 0. The molecule has 1 atom stereocenters. The molecule has 0 saturated carbocycles. The molecule has 3 N–H and O–H groups in total. The van der Waals surface area contributed by atoms with Crippen LogP contribution >= 0.6 is 0 Å². The van der Waals surface area contributed by atoms with Crippen LogP contribution in [0.5, 0.6) is 0 Å². The Morgan fingerprint density at radius 3 is 2.67 bits per heavy atom. The number of hydrogen-bond acceptors (Lipinski definition) is 1. The van der Waals surface area contributed by atoms with E-state index in [1.165, 1.54) is 0 Å². The lowest BCUT2D eigenvalue weighted by Gasteiger charge is -1.86. The maximum absolute atomic E-state index is 4.99. The van der Waals surface area contributed by atoms with Crippen LogP contribution in [-0.2, 0) is 4.74 Å². The quantitative estimate of drug-likeness (QED) is 0.406. The van der Waals surface area contributed by atoms with Crippen molar-refractivity contribution in [1.29, 1.82) is 0 Å². The zero-order valence-electron chi connectivity index (χ0n) is 3.81. The van der Waals surface area contributed by atoms with Gasteiger partial charge in [-0.15, -0.1) is 0 Å². The summed E-state index contributed by atoms with van der Waals surface area (Å²) in [6.45, 7) is 1.80. The van der Waals surface area contributed by atoms with E-state index in [4.69, 9.17) is 4.74 Å². The second kappa shape index (κ2) is 1.58. The van der Waals surface area contributed by atoms with Crippen LogP contribution in [-0.4, -0.2) is 19.3 Å². The van der Waals surface area contributed by atoms with Gasteiger partial charge in [0.05, 0.1) is 13.2 Å². The van der Waals surface area contributed by atoms with Crippen LogP contribution in [0, 0.1) is 0 Å². The van der Waals surface area contributed by atoms with Gasteiger partial charge in [0.2, 0.25) is 0 Å². The highest BCUT2D eigenvalue weighted by Gasteiger charge is 2.11. The molecule has 0 aromatic heterocycles. The average molecular weight is 88.1 g/mol.